The minimum absolute atomic E-state index is 0.652. The van der Waals surface area contributed by atoms with Gasteiger partial charge in [0.1, 0.15) is 0 Å². The van der Waals surface area contributed by atoms with Crippen molar-refractivity contribution in [2.45, 2.75) is 18.9 Å². The van der Waals surface area contributed by atoms with E-state index < -0.39 is 0 Å². The predicted molar refractivity (Wildman–Crippen MR) is 48.2 cm³/mol. The van der Waals surface area contributed by atoms with Gasteiger partial charge < -0.3 is 15.4 Å². The van der Waals surface area contributed by atoms with Gasteiger partial charge in [-0.15, -0.1) is 0 Å². The van der Waals surface area contributed by atoms with Crippen LogP contribution in [0, 0.1) is 5.92 Å². The monoisotopic (exact) mass is 170 g/mol. The minimum Gasteiger partial charge on any atom is -0.378 e. The Bertz CT molecular complexity index is 130. The summed E-state index contributed by atoms with van der Waals surface area (Å²) in [6.45, 7) is 5.45. The second-order valence-corrected chi connectivity index (χ2v) is 3.84. The molecule has 2 rings (SSSR count). The molecule has 2 fully saturated rings. The maximum absolute atomic E-state index is 5.08. The summed E-state index contributed by atoms with van der Waals surface area (Å²) in [5, 5.41) is 6.88. The van der Waals surface area contributed by atoms with E-state index in [9.17, 15) is 0 Å². The van der Waals surface area contributed by atoms with Gasteiger partial charge in [0.2, 0.25) is 0 Å². The van der Waals surface area contributed by atoms with Gasteiger partial charge in [-0.3, -0.25) is 0 Å². The SMILES string of the molecule is C1CC(CCNC2COC2)CN1. The zero-order valence-corrected chi connectivity index (χ0v) is 7.51. The number of ether oxygens (including phenoxy) is 1. The zero-order valence-electron chi connectivity index (χ0n) is 7.51. The Morgan fingerprint density at radius 2 is 2.33 bits per heavy atom. The van der Waals surface area contributed by atoms with Crippen molar-refractivity contribution < 1.29 is 4.74 Å². The average molecular weight is 170 g/mol. The smallest absolute Gasteiger partial charge is 0.0643 e. The van der Waals surface area contributed by atoms with E-state index in [2.05, 4.69) is 10.6 Å². The molecule has 2 aliphatic heterocycles. The number of nitrogens with one attached hydrogen (secondary N) is 2. The number of hydrogen-bond acceptors (Lipinski definition) is 3. The van der Waals surface area contributed by atoms with Gasteiger partial charge in [-0.05, 0) is 38.4 Å². The van der Waals surface area contributed by atoms with Crippen molar-refractivity contribution in [3.05, 3.63) is 0 Å². The Morgan fingerprint density at radius 3 is 2.92 bits per heavy atom. The molecule has 0 saturated carbocycles. The highest BCUT2D eigenvalue weighted by Gasteiger charge is 2.18. The van der Waals surface area contributed by atoms with Crippen LogP contribution in [0.2, 0.25) is 0 Å². The molecule has 0 aromatic carbocycles. The van der Waals surface area contributed by atoms with Gasteiger partial charge in [0.05, 0.1) is 19.3 Å². The van der Waals surface area contributed by atoms with Crippen molar-refractivity contribution >= 4 is 0 Å². The first-order valence-corrected chi connectivity index (χ1v) is 4.97. The van der Waals surface area contributed by atoms with Crippen LogP contribution in [-0.4, -0.2) is 38.9 Å². The molecule has 12 heavy (non-hydrogen) atoms. The molecule has 3 heteroatoms. The lowest BCUT2D eigenvalue weighted by Crippen LogP contribution is -2.46. The molecule has 0 bridgehead atoms. The average Bonchev–Trinajstić information content (AvgIpc) is 2.46. The first-order chi connectivity index (χ1) is 5.95. The molecule has 2 N–H and O–H groups in total. The summed E-state index contributed by atoms with van der Waals surface area (Å²) < 4.78 is 5.08. The van der Waals surface area contributed by atoms with E-state index in [1.807, 2.05) is 0 Å². The fourth-order valence-corrected chi connectivity index (χ4v) is 1.81. The summed E-state index contributed by atoms with van der Waals surface area (Å²) in [5.74, 6) is 0.915. The van der Waals surface area contributed by atoms with Crippen molar-refractivity contribution in [2.75, 3.05) is 32.8 Å². The summed E-state index contributed by atoms with van der Waals surface area (Å²) in [7, 11) is 0. The highest BCUT2D eigenvalue weighted by molar-refractivity contribution is 4.76. The molecule has 1 unspecified atom stereocenters. The lowest BCUT2D eigenvalue weighted by molar-refractivity contribution is -0.00527. The van der Waals surface area contributed by atoms with Crippen LogP contribution < -0.4 is 10.6 Å². The van der Waals surface area contributed by atoms with Crippen LogP contribution in [0.3, 0.4) is 0 Å². The zero-order chi connectivity index (χ0) is 8.23. The van der Waals surface area contributed by atoms with E-state index >= 15 is 0 Å². The molecule has 0 spiro atoms. The van der Waals surface area contributed by atoms with E-state index in [1.54, 1.807) is 0 Å². The summed E-state index contributed by atoms with van der Waals surface area (Å²) in [5.41, 5.74) is 0. The minimum atomic E-state index is 0.652. The summed E-state index contributed by atoms with van der Waals surface area (Å²) in [6, 6.07) is 0.652. The highest BCUT2D eigenvalue weighted by Crippen LogP contribution is 2.11. The summed E-state index contributed by atoms with van der Waals surface area (Å²) >= 11 is 0. The van der Waals surface area contributed by atoms with Crippen LogP contribution in [0.15, 0.2) is 0 Å². The number of hydrogen-bond donors (Lipinski definition) is 2. The van der Waals surface area contributed by atoms with E-state index in [-0.39, 0.29) is 0 Å². The lowest BCUT2D eigenvalue weighted by Gasteiger charge is -2.27. The van der Waals surface area contributed by atoms with Gasteiger partial charge in [-0.2, -0.15) is 0 Å². The maximum Gasteiger partial charge on any atom is 0.0643 e. The van der Waals surface area contributed by atoms with Gasteiger partial charge in [0, 0.05) is 0 Å². The molecular formula is C9H18N2O. The van der Waals surface area contributed by atoms with Gasteiger partial charge in [-0.1, -0.05) is 0 Å². The first-order valence-electron chi connectivity index (χ1n) is 4.97. The molecule has 0 aromatic rings. The third kappa shape index (κ3) is 2.19. The Labute approximate surface area is 73.9 Å². The quantitative estimate of drug-likeness (QED) is 0.622. The molecule has 2 saturated heterocycles. The predicted octanol–water partition coefficient (Wildman–Crippen LogP) is -0.0256. The molecule has 2 aliphatic rings. The molecule has 1 atom stereocenters. The molecule has 0 aliphatic carbocycles. The van der Waals surface area contributed by atoms with Crippen molar-refractivity contribution in [2.24, 2.45) is 5.92 Å². The fourth-order valence-electron chi connectivity index (χ4n) is 1.81. The third-order valence-corrected chi connectivity index (χ3v) is 2.79. The molecular weight excluding hydrogens is 152 g/mol. The second kappa shape index (κ2) is 4.21. The van der Waals surface area contributed by atoms with E-state index in [4.69, 9.17) is 4.74 Å². The van der Waals surface area contributed by atoms with Crippen molar-refractivity contribution in [1.29, 1.82) is 0 Å². The Kier molecular flexibility index (Phi) is 2.98. The molecule has 70 valence electrons. The van der Waals surface area contributed by atoms with E-state index in [1.165, 1.54) is 32.5 Å². The largest absolute Gasteiger partial charge is 0.378 e. The molecule has 0 radical (unpaired) electrons. The van der Waals surface area contributed by atoms with Gasteiger partial charge in [0.25, 0.3) is 0 Å². The summed E-state index contributed by atoms with van der Waals surface area (Å²) in [4.78, 5) is 0. The number of rotatable bonds is 4. The molecule has 0 amide bonds. The molecule has 3 nitrogen and oxygen atoms in total. The van der Waals surface area contributed by atoms with Gasteiger partial charge in [0.15, 0.2) is 0 Å². The standard InChI is InChI=1S/C9H18N2O/c1-3-10-5-8(1)2-4-11-9-6-12-7-9/h8-11H,1-7H2. The van der Waals surface area contributed by atoms with E-state index in [0.717, 1.165) is 19.1 Å². The Hall–Kier alpha value is -0.120. The highest BCUT2D eigenvalue weighted by atomic mass is 16.5. The normalized spacial score (nSPS) is 30.5. The second-order valence-electron chi connectivity index (χ2n) is 3.84. The van der Waals surface area contributed by atoms with Crippen LogP contribution in [0.4, 0.5) is 0 Å². The first kappa shape index (κ1) is 8.48. The molecule has 0 aromatic heterocycles. The van der Waals surface area contributed by atoms with Gasteiger partial charge in [-0.25, -0.2) is 0 Å². The van der Waals surface area contributed by atoms with Gasteiger partial charge >= 0.3 is 0 Å². The van der Waals surface area contributed by atoms with Crippen molar-refractivity contribution in [1.82, 2.24) is 10.6 Å². The third-order valence-electron chi connectivity index (χ3n) is 2.79. The summed E-state index contributed by atoms with van der Waals surface area (Å²) in [6.07, 6.45) is 2.69. The van der Waals surface area contributed by atoms with Crippen LogP contribution in [0.1, 0.15) is 12.8 Å². The van der Waals surface area contributed by atoms with Crippen LogP contribution in [0.25, 0.3) is 0 Å². The Morgan fingerprint density at radius 1 is 1.42 bits per heavy atom. The molecule has 2 heterocycles. The van der Waals surface area contributed by atoms with E-state index in [0.29, 0.717) is 6.04 Å². The lowest BCUT2D eigenvalue weighted by atomic mass is 10.1. The fraction of sp³-hybridized carbons (Fsp3) is 1.00. The van der Waals surface area contributed by atoms with Crippen LogP contribution in [-0.2, 0) is 4.74 Å². The maximum atomic E-state index is 5.08. The van der Waals surface area contributed by atoms with Crippen LogP contribution in [0.5, 0.6) is 0 Å². The van der Waals surface area contributed by atoms with Crippen LogP contribution >= 0.6 is 0 Å². The van der Waals surface area contributed by atoms with Crippen molar-refractivity contribution in [3.8, 4) is 0 Å². The van der Waals surface area contributed by atoms with Crippen molar-refractivity contribution in [3.63, 3.8) is 0 Å². The topological polar surface area (TPSA) is 33.3 Å². The Balaban J connectivity index is 1.49.